The van der Waals surface area contributed by atoms with Crippen LogP contribution in [0.5, 0.6) is 0 Å². The first kappa shape index (κ1) is 12.0. The van der Waals surface area contributed by atoms with Crippen molar-refractivity contribution in [2.75, 3.05) is 0 Å². The minimum Gasteiger partial charge on any atom is -0.275 e. The van der Waals surface area contributed by atoms with E-state index < -0.39 is 37.8 Å². The third kappa shape index (κ3) is 2.11. The Morgan fingerprint density at radius 2 is 1.69 bits per heavy atom. The van der Waals surface area contributed by atoms with Crippen LogP contribution < -0.4 is 0 Å². The highest BCUT2D eigenvalue weighted by atomic mass is 35.5. The number of nitro benzene ring substituents is 2. The fraction of sp³-hybridized carbons (Fsp3) is 0. The van der Waals surface area contributed by atoms with E-state index in [2.05, 4.69) is 0 Å². The van der Waals surface area contributed by atoms with Gasteiger partial charge in [-0.3, -0.25) is 25.0 Å². The maximum Gasteiger partial charge on any atom is 0.311 e. The Morgan fingerprint density at radius 1 is 1.19 bits per heavy atom. The highest BCUT2D eigenvalue weighted by Crippen LogP contribution is 2.28. The number of hydrogen-bond acceptors (Lipinski definition) is 5. The van der Waals surface area contributed by atoms with Crippen molar-refractivity contribution in [1.29, 1.82) is 0 Å². The van der Waals surface area contributed by atoms with Crippen molar-refractivity contribution in [3.8, 4) is 0 Å². The second-order valence-electron chi connectivity index (χ2n) is 2.61. The molecule has 0 amide bonds. The van der Waals surface area contributed by atoms with E-state index in [9.17, 15) is 29.4 Å². The summed E-state index contributed by atoms with van der Waals surface area (Å²) in [5, 5.41) is 19.5. The van der Waals surface area contributed by atoms with E-state index >= 15 is 0 Å². The third-order valence-electron chi connectivity index (χ3n) is 1.67. The van der Waals surface area contributed by atoms with Gasteiger partial charge in [0.2, 0.25) is 5.82 Å². The van der Waals surface area contributed by atoms with Gasteiger partial charge < -0.3 is 0 Å². The van der Waals surface area contributed by atoms with Crippen molar-refractivity contribution in [3.63, 3.8) is 0 Å². The smallest absolute Gasteiger partial charge is 0.275 e. The molecular formula is C7H2ClFN2O5. The molecule has 0 radical (unpaired) electrons. The minimum absolute atomic E-state index is 0.352. The maximum absolute atomic E-state index is 13.0. The predicted molar refractivity (Wildman–Crippen MR) is 49.9 cm³/mol. The Labute approximate surface area is 91.7 Å². The van der Waals surface area contributed by atoms with E-state index in [0.717, 1.165) is 0 Å². The molecule has 0 fully saturated rings. The van der Waals surface area contributed by atoms with Gasteiger partial charge in [0.05, 0.1) is 15.9 Å². The van der Waals surface area contributed by atoms with Crippen molar-refractivity contribution >= 4 is 28.2 Å². The van der Waals surface area contributed by atoms with Crippen LogP contribution in [-0.2, 0) is 0 Å². The van der Waals surface area contributed by atoms with Crippen molar-refractivity contribution in [1.82, 2.24) is 0 Å². The average Bonchev–Trinajstić information content (AvgIpc) is 2.15. The second-order valence-corrected chi connectivity index (χ2v) is 2.95. The Kier molecular flexibility index (Phi) is 3.14. The van der Waals surface area contributed by atoms with Crippen LogP contribution in [-0.4, -0.2) is 15.1 Å². The molecule has 7 nitrogen and oxygen atoms in total. The molecule has 0 unspecified atom stereocenters. The number of carbonyl (C=O) groups is 1. The largest absolute Gasteiger partial charge is 0.311 e. The Hall–Kier alpha value is -2.09. The van der Waals surface area contributed by atoms with Crippen LogP contribution in [0.25, 0.3) is 0 Å². The summed E-state index contributed by atoms with van der Waals surface area (Å²) in [4.78, 5) is 29.3. The van der Waals surface area contributed by atoms with Gasteiger partial charge >= 0.3 is 5.69 Å². The van der Waals surface area contributed by atoms with E-state index in [1.165, 1.54) is 0 Å². The van der Waals surface area contributed by atoms with Gasteiger partial charge in [0.25, 0.3) is 10.9 Å². The van der Waals surface area contributed by atoms with Crippen LogP contribution in [0.1, 0.15) is 10.4 Å². The highest BCUT2D eigenvalue weighted by Gasteiger charge is 2.27. The first-order valence-corrected chi connectivity index (χ1v) is 4.04. The fourth-order valence-corrected chi connectivity index (χ4v) is 1.15. The summed E-state index contributed by atoms with van der Waals surface area (Å²) < 4.78 is 13.0. The van der Waals surface area contributed by atoms with Gasteiger partial charge in [0, 0.05) is 6.07 Å². The summed E-state index contributed by atoms with van der Waals surface area (Å²) in [7, 11) is 0. The zero-order chi connectivity index (χ0) is 12.5. The zero-order valence-corrected chi connectivity index (χ0v) is 8.10. The number of nitro groups is 2. The van der Waals surface area contributed by atoms with Crippen LogP contribution in [0.3, 0.4) is 0 Å². The topological polar surface area (TPSA) is 103 Å². The van der Waals surface area contributed by atoms with Crippen molar-refractivity contribution in [2.45, 2.75) is 0 Å². The van der Waals surface area contributed by atoms with Gasteiger partial charge in [-0.05, 0) is 11.6 Å². The van der Waals surface area contributed by atoms with Crippen LogP contribution in [0.15, 0.2) is 12.1 Å². The van der Waals surface area contributed by atoms with Gasteiger partial charge in [-0.15, -0.1) is 0 Å². The van der Waals surface area contributed by atoms with Crippen LogP contribution in [0.4, 0.5) is 15.8 Å². The van der Waals surface area contributed by atoms with Crippen LogP contribution >= 0.6 is 11.6 Å². The second kappa shape index (κ2) is 4.19. The first-order chi connectivity index (χ1) is 7.34. The molecule has 0 aromatic heterocycles. The maximum atomic E-state index is 13.0. The molecule has 16 heavy (non-hydrogen) atoms. The van der Waals surface area contributed by atoms with Gasteiger partial charge in [-0.25, -0.2) is 0 Å². The molecule has 0 bridgehead atoms. The summed E-state index contributed by atoms with van der Waals surface area (Å²) in [5.41, 5.74) is -2.73. The minimum atomic E-state index is -1.36. The SMILES string of the molecule is O=C(Cl)c1cc(F)c([N+](=O)[O-])cc1[N+](=O)[O-]. The molecule has 1 aromatic rings. The Morgan fingerprint density at radius 3 is 2.06 bits per heavy atom. The molecule has 0 spiro atoms. The summed E-state index contributed by atoms with van der Waals surface area (Å²) in [6.07, 6.45) is 0. The van der Waals surface area contributed by atoms with E-state index in [1.807, 2.05) is 0 Å². The Bertz CT molecular complexity index is 504. The third-order valence-corrected chi connectivity index (χ3v) is 1.87. The number of hydrogen-bond donors (Lipinski definition) is 0. The fourth-order valence-electron chi connectivity index (χ4n) is 0.999. The van der Waals surface area contributed by atoms with Crippen LogP contribution in [0, 0.1) is 26.0 Å². The molecule has 1 aromatic carbocycles. The van der Waals surface area contributed by atoms with Gasteiger partial charge in [-0.2, -0.15) is 4.39 Å². The molecule has 0 atom stereocenters. The standard InChI is InChI=1S/C7H2ClFN2O5/c8-7(12)3-1-4(9)6(11(15)16)2-5(3)10(13)14/h1-2H. The van der Waals surface area contributed by atoms with E-state index in [0.29, 0.717) is 12.1 Å². The lowest BCUT2D eigenvalue weighted by Gasteiger charge is -1.98. The molecule has 0 heterocycles. The molecule has 0 aliphatic rings. The number of carbonyl (C=O) groups excluding carboxylic acids is 1. The van der Waals surface area contributed by atoms with E-state index in [4.69, 9.17) is 11.6 Å². The highest BCUT2D eigenvalue weighted by molar-refractivity contribution is 6.68. The van der Waals surface area contributed by atoms with Crippen LogP contribution in [0.2, 0.25) is 0 Å². The Balaban J connectivity index is 3.55. The first-order valence-electron chi connectivity index (χ1n) is 3.66. The van der Waals surface area contributed by atoms with Crippen molar-refractivity contribution < 1.29 is 19.0 Å². The predicted octanol–water partition coefficient (Wildman–Crippen LogP) is 2.02. The molecule has 0 N–H and O–H groups in total. The molecule has 84 valence electrons. The molecule has 9 heteroatoms. The van der Waals surface area contributed by atoms with E-state index in [-0.39, 0.29) is 0 Å². The number of benzene rings is 1. The van der Waals surface area contributed by atoms with Gasteiger partial charge in [-0.1, -0.05) is 0 Å². The monoisotopic (exact) mass is 248 g/mol. The lowest BCUT2D eigenvalue weighted by molar-refractivity contribution is -0.395. The summed E-state index contributed by atoms with van der Waals surface area (Å²) in [5.74, 6) is -1.36. The lowest BCUT2D eigenvalue weighted by Crippen LogP contribution is -2.02. The molecule has 1 rings (SSSR count). The molecule has 0 saturated carbocycles. The normalized spacial score (nSPS) is 9.88. The van der Waals surface area contributed by atoms with Crippen molar-refractivity contribution in [2.24, 2.45) is 0 Å². The molecule has 0 saturated heterocycles. The number of rotatable bonds is 3. The number of nitrogens with zero attached hydrogens (tertiary/aromatic N) is 2. The number of halogens is 2. The summed E-state index contributed by atoms with van der Waals surface area (Å²) in [6, 6.07) is 0.719. The molecular weight excluding hydrogens is 247 g/mol. The summed E-state index contributed by atoms with van der Waals surface area (Å²) >= 11 is 4.98. The molecule has 0 aliphatic carbocycles. The zero-order valence-electron chi connectivity index (χ0n) is 7.35. The molecule has 0 aliphatic heterocycles. The van der Waals surface area contributed by atoms with Gasteiger partial charge in [0.15, 0.2) is 0 Å². The quantitative estimate of drug-likeness (QED) is 0.462. The van der Waals surface area contributed by atoms with Gasteiger partial charge in [0.1, 0.15) is 5.56 Å². The van der Waals surface area contributed by atoms with Crippen molar-refractivity contribution in [3.05, 3.63) is 43.7 Å². The summed E-state index contributed by atoms with van der Waals surface area (Å²) in [6.45, 7) is 0. The lowest BCUT2D eigenvalue weighted by atomic mass is 10.1. The van der Waals surface area contributed by atoms with E-state index in [1.54, 1.807) is 0 Å². The average molecular weight is 249 g/mol.